The maximum Gasteiger partial charge on any atom is 0.0449 e. The van der Waals surface area contributed by atoms with Crippen LogP contribution in [0.15, 0.2) is 33.4 Å². The second-order valence-corrected chi connectivity index (χ2v) is 6.36. The average molecular weight is 345 g/mol. The number of aryl methyl sites for hydroxylation is 1. The number of benzene rings is 1. The van der Waals surface area contributed by atoms with Crippen LogP contribution in [-0.4, -0.2) is 7.05 Å². The molecule has 0 amide bonds. The standard InChI is InChI=1S/C14H15BrClNS/c1-9-7-18-8-12(9)14(17-2)5-10-3-4-11(15)6-13(10)16/h3-4,6-8,14,17H,5H2,1-2H3. The van der Waals surface area contributed by atoms with Crippen LogP contribution in [0, 0.1) is 6.92 Å². The molecule has 0 radical (unpaired) electrons. The summed E-state index contributed by atoms with van der Waals surface area (Å²) < 4.78 is 1.02. The van der Waals surface area contributed by atoms with Gasteiger partial charge in [0.2, 0.25) is 0 Å². The van der Waals surface area contributed by atoms with Crippen LogP contribution in [0.1, 0.15) is 22.7 Å². The molecule has 1 heterocycles. The van der Waals surface area contributed by atoms with Crippen LogP contribution in [0.25, 0.3) is 0 Å². The van der Waals surface area contributed by atoms with Gasteiger partial charge in [0.05, 0.1) is 0 Å². The Morgan fingerprint density at radius 1 is 1.39 bits per heavy atom. The van der Waals surface area contributed by atoms with Crippen molar-refractivity contribution < 1.29 is 0 Å². The van der Waals surface area contributed by atoms with E-state index >= 15 is 0 Å². The van der Waals surface area contributed by atoms with E-state index in [1.54, 1.807) is 11.3 Å². The second-order valence-electron chi connectivity index (χ2n) is 4.29. The van der Waals surface area contributed by atoms with Gasteiger partial charge in [-0.25, -0.2) is 0 Å². The topological polar surface area (TPSA) is 12.0 Å². The summed E-state index contributed by atoms with van der Waals surface area (Å²) >= 11 is 11.5. The third kappa shape index (κ3) is 3.15. The van der Waals surface area contributed by atoms with Gasteiger partial charge in [-0.2, -0.15) is 11.3 Å². The molecule has 1 atom stereocenters. The lowest BCUT2D eigenvalue weighted by Crippen LogP contribution is -2.19. The molecule has 1 N–H and O–H groups in total. The van der Waals surface area contributed by atoms with Gasteiger partial charge < -0.3 is 5.32 Å². The Balaban J connectivity index is 2.23. The fourth-order valence-electron chi connectivity index (χ4n) is 2.00. The normalized spacial score (nSPS) is 12.7. The largest absolute Gasteiger partial charge is 0.313 e. The van der Waals surface area contributed by atoms with Crippen LogP contribution >= 0.6 is 38.9 Å². The quantitative estimate of drug-likeness (QED) is 0.825. The third-order valence-corrected chi connectivity index (χ3v) is 4.78. The summed E-state index contributed by atoms with van der Waals surface area (Å²) in [5.41, 5.74) is 3.87. The van der Waals surface area contributed by atoms with Gasteiger partial charge in [-0.15, -0.1) is 0 Å². The zero-order valence-electron chi connectivity index (χ0n) is 10.3. The number of halogens is 2. The molecular weight excluding hydrogens is 330 g/mol. The molecular formula is C14H15BrClNS. The average Bonchev–Trinajstić information content (AvgIpc) is 2.75. The van der Waals surface area contributed by atoms with E-state index in [0.717, 1.165) is 15.9 Å². The van der Waals surface area contributed by atoms with Crippen LogP contribution in [0.2, 0.25) is 5.02 Å². The highest BCUT2D eigenvalue weighted by Crippen LogP contribution is 2.28. The van der Waals surface area contributed by atoms with Crippen LogP contribution in [-0.2, 0) is 6.42 Å². The minimum atomic E-state index is 0.315. The van der Waals surface area contributed by atoms with Crippen molar-refractivity contribution in [1.29, 1.82) is 0 Å². The fourth-order valence-corrected chi connectivity index (χ4v) is 3.66. The van der Waals surface area contributed by atoms with Gasteiger partial charge in [-0.3, -0.25) is 0 Å². The molecule has 1 aromatic carbocycles. The maximum absolute atomic E-state index is 6.28. The van der Waals surface area contributed by atoms with E-state index in [-0.39, 0.29) is 0 Å². The van der Waals surface area contributed by atoms with Gasteiger partial charge in [-0.05, 0) is 60.0 Å². The molecule has 1 aromatic heterocycles. The lowest BCUT2D eigenvalue weighted by molar-refractivity contribution is 0.591. The van der Waals surface area contributed by atoms with Gasteiger partial charge >= 0.3 is 0 Å². The minimum Gasteiger partial charge on any atom is -0.313 e. The molecule has 0 fully saturated rings. The van der Waals surface area contributed by atoms with Gasteiger partial charge in [0.15, 0.2) is 0 Å². The zero-order chi connectivity index (χ0) is 13.1. The van der Waals surface area contributed by atoms with Crippen molar-refractivity contribution in [2.24, 2.45) is 0 Å². The molecule has 0 saturated carbocycles. The minimum absolute atomic E-state index is 0.315. The van der Waals surface area contributed by atoms with Gasteiger partial charge in [-0.1, -0.05) is 33.6 Å². The molecule has 0 aliphatic rings. The Morgan fingerprint density at radius 3 is 2.72 bits per heavy atom. The van der Waals surface area contributed by atoms with E-state index in [1.807, 2.05) is 19.2 Å². The van der Waals surface area contributed by atoms with Crippen molar-refractivity contribution in [3.8, 4) is 0 Å². The molecule has 2 rings (SSSR count). The predicted octanol–water partition coefficient (Wildman–Crippen LogP) is 4.98. The number of likely N-dealkylation sites (N-methyl/N-ethyl adjacent to an activating group) is 1. The molecule has 4 heteroatoms. The third-order valence-electron chi connectivity index (χ3n) is 3.06. The van der Waals surface area contributed by atoms with E-state index in [9.17, 15) is 0 Å². The van der Waals surface area contributed by atoms with Crippen molar-refractivity contribution >= 4 is 38.9 Å². The van der Waals surface area contributed by atoms with E-state index in [1.165, 1.54) is 16.7 Å². The van der Waals surface area contributed by atoms with E-state index < -0.39 is 0 Å². The summed E-state index contributed by atoms with van der Waals surface area (Å²) in [7, 11) is 1.99. The number of hydrogen-bond donors (Lipinski definition) is 1. The van der Waals surface area contributed by atoms with E-state index in [4.69, 9.17) is 11.6 Å². The van der Waals surface area contributed by atoms with Crippen molar-refractivity contribution in [3.05, 3.63) is 55.1 Å². The molecule has 0 saturated heterocycles. The molecule has 0 spiro atoms. The molecule has 1 nitrogen and oxygen atoms in total. The highest BCUT2D eigenvalue weighted by molar-refractivity contribution is 9.10. The summed E-state index contributed by atoms with van der Waals surface area (Å²) in [6.45, 7) is 2.15. The van der Waals surface area contributed by atoms with Gasteiger partial charge in [0.25, 0.3) is 0 Å². The van der Waals surface area contributed by atoms with Crippen LogP contribution in [0.3, 0.4) is 0 Å². The Labute approximate surface area is 125 Å². The number of nitrogens with one attached hydrogen (secondary N) is 1. The SMILES string of the molecule is CNC(Cc1ccc(Br)cc1Cl)c1cscc1C. The predicted molar refractivity (Wildman–Crippen MR) is 83.7 cm³/mol. The Bertz CT molecular complexity index is 538. The van der Waals surface area contributed by atoms with Crippen molar-refractivity contribution in [1.82, 2.24) is 5.32 Å². The monoisotopic (exact) mass is 343 g/mol. The number of thiophene rings is 1. The Morgan fingerprint density at radius 2 is 2.17 bits per heavy atom. The maximum atomic E-state index is 6.28. The van der Waals surface area contributed by atoms with Crippen LogP contribution in [0.4, 0.5) is 0 Å². The first kappa shape index (κ1) is 14.1. The Hall–Kier alpha value is -0.350. The lowest BCUT2D eigenvalue weighted by Gasteiger charge is -2.17. The van der Waals surface area contributed by atoms with Crippen LogP contribution < -0.4 is 5.32 Å². The first-order valence-corrected chi connectivity index (χ1v) is 7.87. The molecule has 0 bridgehead atoms. The lowest BCUT2D eigenvalue weighted by atomic mass is 9.99. The summed E-state index contributed by atoms with van der Waals surface area (Å²) in [6.07, 6.45) is 0.903. The van der Waals surface area contributed by atoms with E-state index in [2.05, 4.69) is 45.0 Å². The first-order valence-electron chi connectivity index (χ1n) is 5.75. The highest BCUT2D eigenvalue weighted by atomic mass is 79.9. The fraction of sp³-hybridized carbons (Fsp3) is 0.286. The summed E-state index contributed by atoms with van der Waals surface area (Å²) in [4.78, 5) is 0. The van der Waals surface area contributed by atoms with Gasteiger partial charge in [0.1, 0.15) is 0 Å². The van der Waals surface area contributed by atoms with Crippen molar-refractivity contribution in [2.45, 2.75) is 19.4 Å². The summed E-state index contributed by atoms with van der Waals surface area (Å²) in [5.74, 6) is 0. The number of rotatable bonds is 4. The highest BCUT2D eigenvalue weighted by Gasteiger charge is 2.14. The molecule has 0 aliphatic heterocycles. The van der Waals surface area contributed by atoms with E-state index in [0.29, 0.717) is 6.04 Å². The zero-order valence-corrected chi connectivity index (χ0v) is 13.5. The number of hydrogen-bond acceptors (Lipinski definition) is 2. The van der Waals surface area contributed by atoms with Crippen LogP contribution in [0.5, 0.6) is 0 Å². The van der Waals surface area contributed by atoms with Gasteiger partial charge in [0, 0.05) is 15.5 Å². The smallest absolute Gasteiger partial charge is 0.0449 e. The molecule has 1 unspecified atom stereocenters. The molecule has 18 heavy (non-hydrogen) atoms. The molecule has 0 aliphatic carbocycles. The van der Waals surface area contributed by atoms with Crippen molar-refractivity contribution in [3.63, 3.8) is 0 Å². The second kappa shape index (κ2) is 6.20. The first-order chi connectivity index (χ1) is 8.61. The van der Waals surface area contributed by atoms with Crippen molar-refractivity contribution in [2.75, 3.05) is 7.05 Å². The molecule has 2 aromatic rings. The summed E-state index contributed by atoms with van der Waals surface area (Å²) in [6, 6.07) is 6.38. The Kier molecular flexibility index (Phi) is 4.84. The summed E-state index contributed by atoms with van der Waals surface area (Å²) in [5, 5.41) is 8.58. The molecule has 96 valence electrons.